The van der Waals surface area contributed by atoms with Gasteiger partial charge in [-0.1, -0.05) is 23.2 Å². The lowest BCUT2D eigenvalue weighted by Gasteiger charge is -2.10. The lowest BCUT2D eigenvalue weighted by atomic mass is 10.2. The molecule has 0 saturated heterocycles. The summed E-state index contributed by atoms with van der Waals surface area (Å²) in [6.45, 7) is 0. The summed E-state index contributed by atoms with van der Waals surface area (Å²) in [5.41, 5.74) is -0.583. The zero-order chi connectivity index (χ0) is 21.4. The number of aromatic nitrogens is 4. The van der Waals surface area contributed by atoms with Crippen molar-refractivity contribution >= 4 is 40.3 Å². The Morgan fingerprint density at radius 2 is 2.00 bits per heavy atom. The molecule has 0 fully saturated rings. The maximum atomic E-state index is 14.6. The second-order valence-electron chi connectivity index (χ2n) is 5.85. The molecule has 0 aliphatic heterocycles. The van der Waals surface area contributed by atoms with Crippen LogP contribution >= 0.6 is 23.2 Å². The van der Waals surface area contributed by atoms with Gasteiger partial charge in [0.2, 0.25) is 5.95 Å². The Hall–Kier alpha value is -3.63. The fourth-order valence-electron chi connectivity index (χ4n) is 2.56. The van der Waals surface area contributed by atoms with Gasteiger partial charge in [-0.25, -0.2) is 18.9 Å². The molecule has 4 aromatic rings. The van der Waals surface area contributed by atoms with Crippen LogP contribution in [0.25, 0.3) is 16.9 Å². The maximum Gasteiger partial charge on any atom is 0.511 e. The van der Waals surface area contributed by atoms with Gasteiger partial charge in [-0.2, -0.15) is 5.10 Å². The molecule has 12 heteroatoms. The Morgan fingerprint density at radius 3 is 2.77 bits per heavy atom. The van der Waals surface area contributed by atoms with Gasteiger partial charge in [-0.15, -0.1) is 0 Å². The summed E-state index contributed by atoms with van der Waals surface area (Å²) in [4.78, 5) is 29.7. The Balaban J connectivity index is 1.74. The van der Waals surface area contributed by atoms with E-state index >= 15 is 0 Å². The van der Waals surface area contributed by atoms with Gasteiger partial charge < -0.3 is 14.6 Å². The zero-order valence-electron chi connectivity index (χ0n) is 14.6. The molecule has 0 aliphatic carbocycles. The molecule has 152 valence electrons. The van der Waals surface area contributed by atoms with Gasteiger partial charge in [0.1, 0.15) is 5.75 Å². The van der Waals surface area contributed by atoms with Gasteiger partial charge in [0.05, 0.1) is 28.3 Å². The number of carboxylic acid groups (broad SMARTS) is 1. The number of benzene rings is 2. The van der Waals surface area contributed by atoms with Crippen LogP contribution < -0.4 is 15.0 Å². The van der Waals surface area contributed by atoms with E-state index < -0.39 is 17.5 Å². The molecule has 0 radical (unpaired) electrons. The molecule has 2 aromatic carbocycles. The van der Waals surface area contributed by atoms with Gasteiger partial charge in [0, 0.05) is 17.2 Å². The Kier molecular flexibility index (Phi) is 5.02. The largest absolute Gasteiger partial charge is 0.511 e. The Labute approximate surface area is 176 Å². The van der Waals surface area contributed by atoms with Crippen molar-refractivity contribution < 1.29 is 23.8 Å². The van der Waals surface area contributed by atoms with E-state index in [0.29, 0.717) is 5.02 Å². The number of H-pyrrole nitrogens is 1. The highest BCUT2D eigenvalue weighted by molar-refractivity contribution is 6.34. The third kappa shape index (κ3) is 3.91. The number of fused-ring (bicyclic) bond motifs is 1. The van der Waals surface area contributed by atoms with Crippen LogP contribution in [0.2, 0.25) is 10.0 Å². The average molecular weight is 451 g/mol. The summed E-state index contributed by atoms with van der Waals surface area (Å²) in [5.74, 6) is -1.08. The van der Waals surface area contributed by atoms with Gasteiger partial charge in [0.15, 0.2) is 17.3 Å². The summed E-state index contributed by atoms with van der Waals surface area (Å²) < 4.78 is 25.6. The number of hydrogen-bond donors (Lipinski definition) is 2. The van der Waals surface area contributed by atoms with Crippen LogP contribution in [0.1, 0.15) is 0 Å². The van der Waals surface area contributed by atoms with Crippen LogP contribution in [-0.2, 0) is 0 Å². The van der Waals surface area contributed by atoms with Crippen LogP contribution in [-0.4, -0.2) is 31.0 Å². The summed E-state index contributed by atoms with van der Waals surface area (Å²) >= 11 is 11.9. The third-order valence-corrected chi connectivity index (χ3v) is 4.39. The molecule has 2 N–H and O–H groups in total. The minimum absolute atomic E-state index is 0.0204. The van der Waals surface area contributed by atoms with Crippen molar-refractivity contribution in [2.45, 2.75) is 0 Å². The minimum Gasteiger partial charge on any atom is -0.453 e. The summed E-state index contributed by atoms with van der Waals surface area (Å²) in [6, 6.07) is 6.64. The van der Waals surface area contributed by atoms with E-state index in [2.05, 4.69) is 19.8 Å². The first-order chi connectivity index (χ1) is 14.3. The van der Waals surface area contributed by atoms with Crippen molar-refractivity contribution in [3.63, 3.8) is 0 Å². The third-order valence-electron chi connectivity index (χ3n) is 3.84. The molecule has 0 aliphatic rings. The van der Waals surface area contributed by atoms with Crippen molar-refractivity contribution in [2.75, 3.05) is 0 Å². The number of aromatic amines is 1. The van der Waals surface area contributed by atoms with E-state index in [1.807, 2.05) is 0 Å². The van der Waals surface area contributed by atoms with E-state index in [9.17, 15) is 14.0 Å². The van der Waals surface area contributed by atoms with E-state index in [0.717, 1.165) is 16.9 Å². The quantitative estimate of drug-likeness (QED) is 0.442. The predicted octanol–water partition coefficient (Wildman–Crippen LogP) is 4.40. The lowest BCUT2D eigenvalue weighted by molar-refractivity contribution is 0.144. The molecular formula is C18H9Cl2FN4O5. The number of rotatable bonds is 4. The second-order valence-corrected chi connectivity index (χ2v) is 6.70. The number of nitrogens with zero attached hydrogens (tertiary/aromatic N) is 3. The SMILES string of the molecule is O=C(O)Oc1cnn(-c2nc3cc(F)c(Oc4cc(Cl)ccc4Cl)cc3c(=O)[nH]2)c1. The zero-order valence-corrected chi connectivity index (χ0v) is 16.1. The highest BCUT2D eigenvalue weighted by Gasteiger charge is 2.15. The highest BCUT2D eigenvalue weighted by atomic mass is 35.5. The lowest BCUT2D eigenvalue weighted by Crippen LogP contribution is -2.14. The molecule has 0 amide bonds. The number of ether oxygens (including phenoxy) is 2. The van der Waals surface area contributed by atoms with E-state index in [1.165, 1.54) is 24.4 Å². The van der Waals surface area contributed by atoms with Gasteiger partial charge in [-0.3, -0.25) is 9.78 Å². The van der Waals surface area contributed by atoms with Crippen molar-refractivity contribution in [3.8, 4) is 23.2 Å². The molecule has 0 unspecified atom stereocenters. The van der Waals surface area contributed by atoms with Crippen LogP contribution in [0.3, 0.4) is 0 Å². The highest BCUT2D eigenvalue weighted by Crippen LogP contribution is 2.34. The first kappa shape index (κ1) is 19.7. The molecule has 0 bridgehead atoms. The predicted molar refractivity (Wildman–Crippen MR) is 105 cm³/mol. The molecule has 0 saturated carbocycles. The van der Waals surface area contributed by atoms with Crippen molar-refractivity contribution in [1.29, 1.82) is 0 Å². The summed E-state index contributed by atoms with van der Waals surface area (Å²) in [5, 5.41) is 13.1. The van der Waals surface area contributed by atoms with Crippen LogP contribution in [0.15, 0.2) is 47.5 Å². The van der Waals surface area contributed by atoms with Gasteiger partial charge in [-0.05, 0) is 18.2 Å². The summed E-state index contributed by atoms with van der Waals surface area (Å²) in [6.07, 6.45) is 0.779. The van der Waals surface area contributed by atoms with Crippen LogP contribution in [0, 0.1) is 5.82 Å². The van der Waals surface area contributed by atoms with Gasteiger partial charge in [0.25, 0.3) is 5.56 Å². The number of halogens is 3. The molecule has 2 heterocycles. The smallest absolute Gasteiger partial charge is 0.453 e. The first-order valence-corrected chi connectivity index (χ1v) is 8.88. The van der Waals surface area contributed by atoms with Crippen molar-refractivity contribution in [2.24, 2.45) is 0 Å². The first-order valence-electron chi connectivity index (χ1n) is 8.12. The molecular weight excluding hydrogens is 442 g/mol. The maximum absolute atomic E-state index is 14.6. The van der Waals surface area contributed by atoms with Crippen molar-refractivity contribution in [1.82, 2.24) is 19.7 Å². The molecule has 4 rings (SSSR count). The Morgan fingerprint density at radius 1 is 1.20 bits per heavy atom. The average Bonchev–Trinajstić information content (AvgIpc) is 3.13. The van der Waals surface area contributed by atoms with Crippen LogP contribution in [0.4, 0.5) is 9.18 Å². The van der Waals surface area contributed by atoms with E-state index in [4.69, 9.17) is 33.0 Å². The fraction of sp³-hybridized carbons (Fsp3) is 0. The van der Waals surface area contributed by atoms with Crippen molar-refractivity contribution in [3.05, 3.63) is 68.9 Å². The minimum atomic E-state index is -1.52. The number of hydrogen-bond acceptors (Lipinski definition) is 6. The molecule has 0 atom stereocenters. The van der Waals surface area contributed by atoms with E-state index in [1.54, 1.807) is 6.07 Å². The molecule has 0 spiro atoms. The van der Waals surface area contributed by atoms with Crippen LogP contribution in [0.5, 0.6) is 17.2 Å². The number of nitrogens with one attached hydrogen (secondary N) is 1. The molecule has 9 nitrogen and oxygen atoms in total. The fourth-order valence-corrected chi connectivity index (χ4v) is 2.88. The number of carbonyl (C=O) groups is 1. The Bertz CT molecular complexity index is 1350. The standard InChI is InChI=1S/C18H9Cl2FN4O5/c19-8-1-2-11(20)14(3-8)30-15-4-10-13(5-12(15)21)23-17(24-16(10)26)25-7-9(6-22-25)29-18(27)28/h1-7H,(H,27,28)(H,23,24,26). The molecule has 2 aromatic heterocycles. The monoisotopic (exact) mass is 450 g/mol. The second kappa shape index (κ2) is 7.65. The van der Waals surface area contributed by atoms with Gasteiger partial charge >= 0.3 is 6.16 Å². The molecule has 30 heavy (non-hydrogen) atoms. The van der Waals surface area contributed by atoms with E-state index in [-0.39, 0.29) is 39.1 Å². The summed E-state index contributed by atoms with van der Waals surface area (Å²) in [7, 11) is 0. The topological polar surface area (TPSA) is 119 Å². The normalized spacial score (nSPS) is 10.9.